The summed E-state index contributed by atoms with van der Waals surface area (Å²) in [5.74, 6) is -0.324. The molecule has 0 spiro atoms. The van der Waals surface area contributed by atoms with Crippen molar-refractivity contribution in [2.45, 2.75) is 51.4 Å². The van der Waals surface area contributed by atoms with Crippen LogP contribution in [0.1, 0.15) is 32.3 Å². The van der Waals surface area contributed by atoms with Crippen molar-refractivity contribution in [1.29, 1.82) is 5.26 Å². The van der Waals surface area contributed by atoms with Crippen molar-refractivity contribution in [2.75, 3.05) is 6.54 Å². The lowest BCUT2D eigenvalue weighted by Gasteiger charge is -2.34. The Hall–Kier alpha value is -1.64. The molecule has 0 radical (unpaired) electrons. The number of nitrogens with two attached hydrogens (primary N) is 1. The molecule has 0 bridgehead atoms. The summed E-state index contributed by atoms with van der Waals surface area (Å²) in [6, 6.07) is 10.6. The third kappa shape index (κ3) is 4.68. The van der Waals surface area contributed by atoms with Crippen LogP contribution in [0.25, 0.3) is 0 Å². The van der Waals surface area contributed by atoms with E-state index in [0.29, 0.717) is 0 Å². The van der Waals surface area contributed by atoms with Gasteiger partial charge in [0.25, 0.3) is 0 Å². The molecule has 1 aromatic carbocycles. The zero-order valence-electron chi connectivity index (χ0n) is 14.1. The number of hydrogen-bond acceptors (Lipinski definition) is 3. The maximum absolute atomic E-state index is 13.5. The highest BCUT2D eigenvalue weighted by Gasteiger charge is 2.41. The Balaban J connectivity index is 0.00000288. The monoisotopic (exact) mass is 353 g/mol. The molecular formula is C18H25ClFN3O. The van der Waals surface area contributed by atoms with Gasteiger partial charge in [-0.25, -0.2) is 4.39 Å². The summed E-state index contributed by atoms with van der Waals surface area (Å²) in [5.41, 5.74) is 6.94. The van der Waals surface area contributed by atoms with Gasteiger partial charge in [-0.1, -0.05) is 44.2 Å². The zero-order valence-corrected chi connectivity index (χ0v) is 14.9. The molecule has 2 N–H and O–H groups in total. The number of carbonyl (C=O) groups excluding carboxylic acids is 1. The molecule has 0 saturated carbocycles. The van der Waals surface area contributed by atoms with Crippen molar-refractivity contribution in [1.82, 2.24) is 4.90 Å². The minimum absolute atomic E-state index is 0. The molecule has 1 heterocycles. The lowest BCUT2D eigenvalue weighted by molar-refractivity contribution is -0.135. The SMILES string of the molecule is CC(C)(CCc1ccccc1)[C@H](N)C(=O)N1C[C@@H](F)C[C@H]1C#N.Cl. The Morgan fingerprint density at radius 3 is 2.67 bits per heavy atom. The number of hydrogen-bond donors (Lipinski definition) is 1. The van der Waals surface area contributed by atoms with E-state index < -0.39 is 23.7 Å². The van der Waals surface area contributed by atoms with Gasteiger partial charge in [0.1, 0.15) is 12.2 Å². The van der Waals surface area contributed by atoms with E-state index in [1.165, 1.54) is 10.5 Å². The summed E-state index contributed by atoms with van der Waals surface area (Å²) in [6.45, 7) is 3.87. The van der Waals surface area contributed by atoms with Gasteiger partial charge in [0.05, 0.1) is 18.7 Å². The lowest BCUT2D eigenvalue weighted by Crippen LogP contribution is -2.52. The van der Waals surface area contributed by atoms with Gasteiger partial charge >= 0.3 is 0 Å². The number of rotatable bonds is 5. The molecule has 1 fully saturated rings. The van der Waals surface area contributed by atoms with Crippen molar-refractivity contribution < 1.29 is 9.18 Å². The maximum Gasteiger partial charge on any atom is 0.241 e. The number of aryl methyl sites for hydroxylation is 1. The van der Waals surface area contributed by atoms with Crippen LogP contribution in [0.2, 0.25) is 0 Å². The molecule has 0 unspecified atom stereocenters. The highest BCUT2D eigenvalue weighted by atomic mass is 35.5. The second-order valence-electron chi connectivity index (χ2n) is 6.92. The van der Waals surface area contributed by atoms with Crippen molar-refractivity contribution in [3.05, 3.63) is 35.9 Å². The quantitative estimate of drug-likeness (QED) is 0.884. The fourth-order valence-electron chi connectivity index (χ4n) is 2.93. The number of alkyl halides is 1. The zero-order chi connectivity index (χ0) is 17.0. The van der Waals surface area contributed by atoms with Gasteiger partial charge in [0.2, 0.25) is 5.91 Å². The second-order valence-corrected chi connectivity index (χ2v) is 6.92. The van der Waals surface area contributed by atoms with E-state index in [1.54, 1.807) is 0 Å². The lowest BCUT2D eigenvalue weighted by atomic mass is 9.79. The number of carbonyl (C=O) groups is 1. The first-order valence-corrected chi connectivity index (χ1v) is 7.99. The first kappa shape index (κ1) is 20.4. The van der Waals surface area contributed by atoms with Gasteiger partial charge in [-0.15, -0.1) is 12.4 Å². The Labute approximate surface area is 149 Å². The molecule has 6 heteroatoms. The predicted molar refractivity (Wildman–Crippen MR) is 94.4 cm³/mol. The smallest absolute Gasteiger partial charge is 0.241 e. The van der Waals surface area contributed by atoms with E-state index in [4.69, 9.17) is 11.0 Å². The van der Waals surface area contributed by atoms with Gasteiger partial charge < -0.3 is 10.6 Å². The largest absolute Gasteiger partial charge is 0.322 e. The number of halogens is 2. The molecule has 4 nitrogen and oxygen atoms in total. The Morgan fingerprint density at radius 1 is 1.46 bits per heavy atom. The topological polar surface area (TPSA) is 70.1 Å². The normalized spacial score (nSPS) is 21.7. The van der Waals surface area contributed by atoms with Crippen LogP contribution in [0.3, 0.4) is 0 Å². The van der Waals surface area contributed by atoms with Crippen molar-refractivity contribution in [3.63, 3.8) is 0 Å². The molecule has 0 aliphatic carbocycles. The Bertz CT molecular complexity index is 588. The molecule has 24 heavy (non-hydrogen) atoms. The number of nitrogens with zero attached hydrogens (tertiary/aromatic N) is 2. The van der Waals surface area contributed by atoms with Gasteiger partial charge in [0.15, 0.2) is 0 Å². The number of amides is 1. The van der Waals surface area contributed by atoms with Crippen LogP contribution in [0.4, 0.5) is 4.39 Å². The average Bonchev–Trinajstić information content (AvgIpc) is 2.93. The average molecular weight is 354 g/mol. The van der Waals surface area contributed by atoms with Crippen molar-refractivity contribution in [2.24, 2.45) is 11.1 Å². The predicted octanol–water partition coefficient (Wildman–Crippen LogP) is 2.86. The van der Waals surface area contributed by atoms with E-state index in [-0.39, 0.29) is 31.3 Å². The van der Waals surface area contributed by atoms with Gasteiger partial charge in [-0.2, -0.15) is 5.26 Å². The van der Waals surface area contributed by atoms with Crippen LogP contribution in [-0.2, 0) is 11.2 Å². The Kier molecular flexibility index (Phi) is 7.19. The van der Waals surface area contributed by atoms with Gasteiger partial charge in [-0.05, 0) is 23.8 Å². The van der Waals surface area contributed by atoms with E-state index in [1.807, 2.05) is 50.2 Å². The van der Waals surface area contributed by atoms with Crippen LogP contribution in [0.5, 0.6) is 0 Å². The van der Waals surface area contributed by atoms with Gasteiger partial charge in [-0.3, -0.25) is 4.79 Å². The van der Waals surface area contributed by atoms with Crippen LogP contribution >= 0.6 is 12.4 Å². The van der Waals surface area contributed by atoms with Crippen LogP contribution in [0.15, 0.2) is 30.3 Å². The fourth-order valence-corrected chi connectivity index (χ4v) is 2.93. The molecule has 132 valence electrons. The van der Waals surface area contributed by atoms with E-state index in [9.17, 15) is 9.18 Å². The van der Waals surface area contributed by atoms with Crippen LogP contribution in [-0.4, -0.2) is 35.6 Å². The van der Waals surface area contributed by atoms with E-state index >= 15 is 0 Å². The molecule has 1 aliphatic heterocycles. The third-order valence-corrected chi connectivity index (χ3v) is 4.69. The molecule has 1 saturated heterocycles. The number of nitriles is 1. The molecule has 0 aromatic heterocycles. The first-order valence-electron chi connectivity index (χ1n) is 7.99. The minimum atomic E-state index is -1.14. The molecule has 2 rings (SSSR count). The molecular weight excluding hydrogens is 329 g/mol. The van der Waals surface area contributed by atoms with Gasteiger partial charge in [0, 0.05) is 6.42 Å². The summed E-state index contributed by atoms with van der Waals surface area (Å²) in [6.07, 6.45) is 0.513. The third-order valence-electron chi connectivity index (χ3n) is 4.69. The summed E-state index contributed by atoms with van der Waals surface area (Å²) in [7, 11) is 0. The summed E-state index contributed by atoms with van der Waals surface area (Å²) >= 11 is 0. The Morgan fingerprint density at radius 2 is 2.08 bits per heavy atom. The number of likely N-dealkylation sites (tertiary alicyclic amines) is 1. The first-order chi connectivity index (χ1) is 10.8. The molecule has 1 amide bonds. The van der Waals surface area contributed by atoms with E-state index in [2.05, 4.69) is 0 Å². The van der Waals surface area contributed by atoms with E-state index in [0.717, 1.165) is 12.8 Å². The molecule has 3 atom stereocenters. The standard InChI is InChI=1S/C18H24FN3O.ClH/c1-18(2,9-8-13-6-4-3-5-7-13)16(21)17(23)22-12-14(19)10-15(22)11-20;/h3-7,14-16H,8-10,12,21H2,1-2H3;1H/t14-,15-,16+;/m0./s1. The maximum atomic E-state index is 13.5. The van der Waals surface area contributed by atoms with Crippen molar-refractivity contribution >= 4 is 18.3 Å². The summed E-state index contributed by atoms with van der Waals surface area (Å²) in [5, 5.41) is 9.09. The second kappa shape index (κ2) is 8.46. The molecule has 1 aliphatic rings. The minimum Gasteiger partial charge on any atom is -0.322 e. The van der Waals surface area contributed by atoms with Crippen LogP contribution in [0, 0.1) is 16.7 Å². The van der Waals surface area contributed by atoms with Crippen LogP contribution < -0.4 is 5.73 Å². The van der Waals surface area contributed by atoms with Crippen molar-refractivity contribution in [3.8, 4) is 6.07 Å². The summed E-state index contributed by atoms with van der Waals surface area (Å²) in [4.78, 5) is 13.9. The molecule has 1 aromatic rings. The highest BCUT2D eigenvalue weighted by molar-refractivity contribution is 5.85. The summed E-state index contributed by atoms with van der Waals surface area (Å²) < 4.78 is 13.5. The number of benzene rings is 1. The highest BCUT2D eigenvalue weighted by Crippen LogP contribution is 2.29. The fraction of sp³-hybridized carbons (Fsp3) is 0.556.